The highest BCUT2D eigenvalue weighted by atomic mass is 16.5. The number of para-hydroxylation sites is 1. The molecule has 2 aromatic carbocycles. The largest absolute Gasteiger partial charge is 0.493 e. The van der Waals surface area contributed by atoms with Gasteiger partial charge in [-0.05, 0) is 55.5 Å². The first-order valence-corrected chi connectivity index (χ1v) is 10.8. The molecule has 6 nitrogen and oxygen atoms in total. The molecular formula is C24H34N4O2. The van der Waals surface area contributed by atoms with Crippen LogP contribution in [0.3, 0.4) is 0 Å². The van der Waals surface area contributed by atoms with Crippen LogP contribution in [0.5, 0.6) is 11.5 Å². The van der Waals surface area contributed by atoms with Crippen molar-refractivity contribution in [3.8, 4) is 11.5 Å². The fourth-order valence-corrected chi connectivity index (χ4v) is 3.78. The van der Waals surface area contributed by atoms with Crippen LogP contribution in [0.2, 0.25) is 0 Å². The third-order valence-electron chi connectivity index (χ3n) is 5.41. The number of hydrogen-bond donors (Lipinski definition) is 2. The van der Waals surface area contributed by atoms with Crippen molar-refractivity contribution in [2.45, 2.75) is 19.8 Å². The van der Waals surface area contributed by atoms with E-state index >= 15 is 0 Å². The number of benzene rings is 2. The summed E-state index contributed by atoms with van der Waals surface area (Å²) in [5, 5.41) is 6.81. The van der Waals surface area contributed by atoms with Gasteiger partial charge in [0.1, 0.15) is 0 Å². The Morgan fingerprint density at radius 2 is 1.87 bits per heavy atom. The molecule has 162 valence electrons. The fraction of sp³-hybridized carbons (Fsp3) is 0.458. The molecule has 2 aromatic rings. The lowest BCUT2D eigenvalue weighted by Crippen LogP contribution is -2.38. The van der Waals surface area contributed by atoms with Crippen LogP contribution in [-0.2, 0) is 6.42 Å². The highest BCUT2D eigenvalue weighted by Crippen LogP contribution is 2.27. The Hall–Kier alpha value is -2.89. The van der Waals surface area contributed by atoms with E-state index in [4.69, 9.17) is 14.5 Å². The topological polar surface area (TPSA) is 58.1 Å². The SMILES string of the molecule is CCNC(=NCC1CCN(c2ccccc2)C1)NCCc1ccc(OC)c(OC)c1. The van der Waals surface area contributed by atoms with E-state index in [1.54, 1.807) is 14.2 Å². The molecule has 0 amide bonds. The van der Waals surface area contributed by atoms with Gasteiger partial charge in [-0.2, -0.15) is 0 Å². The van der Waals surface area contributed by atoms with Gasteiger partial charge < -0.3 is 25.0 Å². The molecule has 0 bridgehead atoms. The Labute approximate surface area is 180 Å². The van der Waals surface area contributed by atoms with E-state index in [0.29, 0.717) is 5.92 Å². The molecule has 0 aromatic heterocycles. The van der Waals surface area contributed by atoms with Gasteiger partial charge in [0.25, 0.3) is 0 Å². The van der Waals surface area contributed by atoms with Gasteiger partial charge >= 0.3 is 0 Å². The predicted octanol–water partition coefficient (Wildman–Crippen LogP) is 3.33. The Morgan fingerprint density at radius 1 is 1.07 bits per heavy atom. The van der Waals surface area contributed by atoms with E-state index in [1.807, 2.05) is 12.1 Å². The second-order valence-electron chi connectivity index (χ2n) is 7.52. The van der Waals surface area contributed by atoms with Crippen LogP contribution >= 0.6 is 0 Å². The normalized spacial score (nSPS) is 16.4. The Morgan fingerprint density at radius 3 is 2.60 bits per heavy atom. The van der Waals surface area contributed by atoms with Crippen molar-refractivity contribution in [3.05, 3.63) is 54.1 Å². The van der Waals surface area contributed by atoms with Crippen LogP contribution in [0.4, 0.5) is 5.69 Å². The van der Waals surface area contributed by atoms with Crippen LogP contribution < -0.4 is 25.0 Å². The van der Waals surface area contributed by atoms with Gasteiger partial charge in [0.2, 0.25) is 0 Å². The zero-order valence-corrected chi connectivity index (χ0v) is 18.4. The number of hydrogen-bond acceptors (Lipinski definition) is 4. The molecule has 2 N–H and O–H groups in total. The molecule has 0 aliphatic carbocycles. The molecule has 1 heterocycles. The molecule has 0 radical (unpaired) electrons. The quantitative estimate of drug-likeness (QED) is 0.491. The first kappa shape index (κ1) is 21.8. The highest BCUT2D eigenvalue weighted by molar-refractivity contribution is 5.79. The van der Waals surface area contributed by atoms with Crippen molar-refractivity contribution in [1.82, 2.24) is 10.6 Å². The zero-order valence-electron chi connectivity index (χ0n) is 18.4. The van der Waals surface area contributed by atoms with Gasteiger partial charge in [-0.1, -0.05) is 24.3 Å². The summed E-state index contributed by atoms with van der Waals surface area (Å²) in [6.45, 7) is 6.77. The number of aliphatic imine (C=N–C) groups is 1. The van der Waals surface area contributed by atoms with E-state index in [0.717, 1.165) is 56.6 Å². The molecule has 1 saturated heterocycles. The van der Waals surface area contributed by atoms with Crippen LogP contribution in [-0.4, -0.2) is 52.9 Å². The Kier molecular flexibility index (Phi) is 8.24. The van der Waals surface area contributed by atoms with Gasteiger partial charge in [-0.3, -0.25) is 4.99 Å². The maximum atomic E-state index is 5.39. The van der Waals surface area contributed by atoms with Gasteiger partial charge in [0.05, 0.1) is 14.2 Å². The lowest BCUT2D eigenvalue weighted by molar-refractivity contribution is 0.354. The summed E-state index contributed by atoms with van der Waals surface area (Å²) in [4.78, 5) is 7.29. The van der Waals surface area contributed by atoms with E-state index in [-0.39, 0.29) is 0 Å². The maximum Gasteiger partial charge on any atom is 0.191 e. The molecule has 1 fully saturated rings. The molecule has 3 rings (SSSR count). The maximum absolute atomic E-state index is 5.39. The van der Waals surface area contributed by atoms with Gasteiger partial charge in [-0.25, -0.2) is 0 Å². The fourth-order valence-electron chi connectivity index (χ4n) is 3.78. The average molecular weight is 411 g/mol. The van der Waals surface area contributed by atoms with Gasteiger partial charge in [0, 0.05) is 38.4 Å². The summed E-state index contributed by atoms with van der Waals surface area (Å²) in [5.74, 6) is 2.99. The Balaban J connectivity index is 1.49. The number of guanidine groups is 1. The number of nitrogens with one attached hydrogen (secondary N) is 2. The monoisotopic (exact) mass is 410 g/mol. The highest BCUT2D eigenvalue weighted by Gasteiger charge is 2.22. The van der Waals surface area contributed by atoms with Crippen molar-refractivity contribution in [1.29, 1.82) is 0 Å². The standard InChI is InChI=1S/C24H34N4O2/c1-4-25-24(26-14-12-19-10-11-22(29-2)23(16-19)30-3)27-17-20-13-15-28(18-20)21-8-6-5-7-9-21/h5-11,16,20H,4,12-15,17-18H2,1-3H3,(H2,25,26,27). The summed E-state index contributed by atoms with van der Waals surface area (Å²) in [6, 6.07) is 16.7. The molecule has 0 saturated carbocycles. The van der Waals surface area contributed by atoms with Gasteiger partial charge in [-0.15, -0.1) is 0 Å². The minimum absolute atomic E-state index is 0.589. The first-order chi connectivity index (χ1) is 14.7. The predicted molar refractivity (Wildman–Crippen MR) is 124 cm³/mol. The summed E-state index contributed by atoms with van der Waals surface area (Å²) < 4.78 is 10.7. The smallest absolute Gasteiger partial charge is 0.191 e. The Bertz CT molecular complexity index is 810. The molecule has 1 aliphatic rings. The number of rotatable bonds is 9. The molecular weight excluding hydrogens is 376 g/mol. The van der Waals surface area contributed by atoms with Crippen molar-refractivity contribution < 1.29 is 9.47 Å². The second-order valence-corrected chi connectivity index (χ2v) is 7.52. The lowest BCUT2D eigenvalue weighted by Gasteiger charge is -2.18. The number of nitrogens with zero attached hydrogens (tertiary/aromatic N) is 2. The van der Waals surface area contributed by atoms with E-state index in [9.17, 15) is 0 Å². The molecule has 1 aliphatic heterocycles. The van der Waals surface area contributed by atoms with Crippen molar-refractivity contribution >= 4 is 11.6 Å². The third kappa shape index (κ3) is 6.05. The minimum atomic E-state index is 0.589. The molecule has 1 atom stereocenters. The van der Waals surface area contributed by atoms with E-state index < -0.39 is 0 Å². The van der Waals surface area contributed by atoms with Crippen molar-refractivity contribution in [3.63, 3.8) is 0 Å². The summed E-state index contributed by atoms with van der Waals surface area (Å²) in [6.07, 6.45) is 2.07. The number of anilines is 1. The molecule has 1 unspecified atom stereocenters. The molecule has 6 heteroatoms. The molecule has 0 spiro atoms. The number of methoxy groups -OCH3 is 2. The third-order valence-corrected chi connectivity index (χ3v) is 5.41. The van der Waals surface area contributed by atoms with Crippen LogP contribution in [0.25, 0.3) is 0 Å². The van der Waals surface area contributed by atoms with Crippen LogP contribution in [0, 0.1) is 5.92 Å². The number of ether oxygens (including phenoxy) is 2. The average Bonchev–Trinajstić information content (AvgIpc) is 3.27. The second kappa shape index (κ2) is 11.3. The zero-order chi connectivity index (χ0) is 21.2. The minimum Gasteiger partial charge on any atom is -0.493 e. The summed E-state index contributed by atoms with van der Waals surface area (Å²) in [7, 11) is 3.32. The summed E-state index contributed by atoms with van der Waals surface area (Å²) >= 11 is 0. The lowest BCUT2D eigenvalue weighted by atomic mass is 10.1. The van der Waals surface area contributed by atoms with Crippen LogP contribution in [0.1, 0.15) is 18.9 Å². The van der Waals surface area contributed by atoms with Gasteiger partial charge in [0.15, 0.2) is 17.5 Å². The van der Waals surface area contributed by atoms with Crippen molar-refractivity contribution in [2.24, 2.45) is 10.9 Å². The summed E-state index contributed by atoms with van der Waals surface area (Å²) in [5.41, 5.74) is 2.51. The van der Waals surface area contributed by atoms with E-state index in [2.05, 4.69) is 58.9 Å². The first-order valence-electron chi connectivity index (χ1n) is 10.8. The van der Waals surface area contributed by atoms with Crippen molar-refractivity contribution in [2.75, 3.05) is 51.8 Å². The molecule has 30 heavy (non-hydrogen) atoms. The van der Waals surface area contributed by atoms with Crippen LogP contribution in [0.15, 0.2) is 53.5 Å². The van der Waals surface area contributed by atoms with E-state index in [1.165, 1.54) is 17.7 Å².